The van der Waals surface area contributed by atoms with Gasteiger partial charge in [-0.05, 0) is 55.2 Å². The van der Waals surface area contributed by atoms with Crippen molar-refractivity contribution in [2.75, 3.05) is 13.7 Å². The molecule has 0 spiro atoms. The Hall–Kier alpha value is -2.82. The summed E-state index contributed by atoms with van der Waals surface area (Å²) in [6, 6.07) is 12.0. The zero-order valence-corrected chi connectivity index (χ0v) is 15.2. The molecule has 1 fully saturated rings. The van der Waals surface area contributed by atoms with Crippen LogP contribution >= 0.6 is 0 Å². The van der Waals surface area contributed by atoms with E-state index in [1.165, 1.54) is 0 Å². The van der Waals surface area contributed by atoms with E-state index in [9.17, 15) is 4.79 Å². The molecular weight excluding hydrogens is 326 g/mol. The topological polar surface area (TPSA) is 47.4 Å². The number of methoxy groups -OCH3 is 1. The number of pyridine rings is 1. The number of carbonyl (C=O) groups excluding carboxylic acids is 1. The van der Waals surface area contributed by atoms with Crippen molar-refractivity contribution in [3.63, 3.8) is 0 Å². The maximum Gasteiger partial charge on any atom is 0.271 e. The van der Waals surface area contributed by atoms with Gasteiger partial charge in [0, 0.05) is 36.9 Å². The molecule has 1 amide bonds. The molecule has 1 atom stereocenters. The SMILES string of the molecule is COc1ccc2c(c1)cc(C(=O)N1CCCCC1c1cccnc1)n2C. The van der Waals surface area contributed by atoms with Crippen LogP contribution in [0.15, 0.2) is 48.8 Å². The van der Waals surface area contributed by atoms with Crippen molar-refractivity contribution >= 4 is 16.8 Å². The molecule has 3 heterocycles. The molecule has 26 heavy (non-hydrogen) atoms. The molecule has 0 aliphatic carbocycles. The highest BCUT2D eigenvalue weighted by molar-refractivity contribution is 5.99. The normalized spacial score (nSPS) is 17.5. The number of carbonyl (C=O) groups is 1. The third kappa shape index (κ3) is 2.83. The third-order valence-electron chi connectivity index (χ3n) is 5.30. The lowest BCUT2D eigenvalue weighted by molar-refractivity contribution is 0.0602. The number of fused-ring (bicyclic) bond motifs is 1. The van der Waals surface area contributed by atoms with Crippen molar-refractivity contribution in [2.45, 2.75) is 25.3 Å². The van der Waals surface area contributed by atoms with Crippen LogP contribution in [0.2, 0.25) is 0 Å². The monoisotopic (exact) mass is 349 g/mol. The minimum Gasteiger partial charge on any atom is -0.497 e. The third-order valence-corrected chi connectivity index (χ3v) is 5.30. The number of nitrogens with zero attached hydrogens (tertiary/aromatic N) is 3. The molecule has 3 aromatic rings. The molecule has 1 aromatic carbocycles. The van der Waals surface area contributed by atoms with Gasteiger partial charge in [-0.1, -0.05) is 6.07 Å². The first-order valence-electron chi connectivity index (χ1n) is 9.03. The van der Waals surface area contributed by atoms with E-state index < -0.39 is 0 Å². The number of rotatable bonds is 3. The molecule has 134 valence electrons. The second kappa shape index (κ2) is 6.83. The zero-order valence-electron chi connectivity index (χ0n) is 15.2. The molecule has 4 rings (SSSR count). The summed E-state index contributed by atoms with van der Waals surface area (Å²) in [5.41, 5.74) is 2.86. The number of hydrogen-bond donors (Lipinski definition) is 0. The smallest absolute Gasteiger partial charge is 0.271 e. The average Bonchev–Trinajstić information content (AvgIpc) is 3.04. The van der Waals surface area contributed by atoms with Gasteiger partial charge in [-0.15, -0.1) is 0 Å². The van der Waals surface area contributed by atoms with Crippen LogP contribution in [0.25, 0.3) is 10.9 Å². The molecule has 1 aliphatic rings. The lowest BCUT2D eigenvalue weighted by Crippen LogP contribution is -2.39. The fourth-order valence-electron chi connectivity index (χ4n) is 3.90. The zero-order chi connectivity index (χ0) is 18.1. The van der Waals surface area contributed by atoms with E-state index in [1.54, 1.807) is 13.3 Å². The summed E-state index contributed by atoms with van der Waals surface area (Å²) in [5, 5.41) is 1.02. The van der Waals surface area contributed by atoms with Crippen LogP contribution in [0.1, 0.15) is 41.4 Å². The Kier molecular flexibility index (Phi) is 4.37. The largest absolute Gasteiger partial charge is 0.497 e. The van der Waals surface area contributed by atoms with Crippen molar-refractivity contribution in [3.05, 3.63) is 60.0 Å². The van der Waals surface area contributed by atoms with Crippen LogP contribution in [0, 0.1) is 0 Å². The van der Waals surface area contributed by atoms with Crippen LogP contribution in [0.5, 0.6) is 5.75 Å². The minimum absolute atomic E-state index is 0.0798. The Bertz CT molecular complexity index is 933. The van der Waals surface area contributed by atoms with E-state index in [0.717, 1.165) is 48.0 Å². The summed E-state index contributed by atoms with van der Waals surface area (Å²) in [6.45, 7) is 0.781. The molecule has 0 bridgehead atoms. The van der Waals surface area contributed by atoms with Gasteiger partial charge in [0.1, 0.15) is 11.4 Å². The van der Waals surface area contributed by atoms with Crippen LogP contribution in [-0.4, -0.2) is 34.0 Å². The van der Waals surface area contributed by atoms with Crippen molar-refractivity contribution in [1.29, 1.82) is 0 Å². The van der Waals surface area contributed by atoms with E-state index in [0.29, 0.717) is 5.69 Å². The van der Waals surface area contributed by atoms with E-state index in [-0.39, 0.29) is 11.9 Å². The van der Waals surface area contributed by atoms with Gasteiger partial charge in [0.05, 0.1) is 13.2 Å². The van der Waals surface area contributed by atoms with Gasteiger partial charge in [-0.2, -0.15) is 0 Å². The van der Waals surface area contributed by atoms with Crippen LogP contribution in [-0.2, 0) is 7.05 Å². The van der Waals surface area contributed by atoms with E-state index in [4.69, 9.17) is 4.74 Å². The summed E-state index contributed by atoms with van der Waals surface area (Å²) < 4.78 is 7.29. The first-order chi connectivity index (χ1) is 12.7. The van der Waals surface area contributed by atoms with E-state index in [1.807, 2.05) is 53.0 Å². The second-order valence-corrected chi connectivity index (χ2v) is 6.81. The highest BCUT2D eigenvalue weighted by Gasteiger charge is 2.30. The molecule has 2 aromatic heterocycles. The van der Waals surface area contributed by atoms with Crippen molar-refractivity contribution in [2.24, 2.45) is 7.05 Å². The summed E-state index contributed by atoms with van der Waals surface area (Å²) >= 11 is 0. The van der Waals surface area contributed by atoms with Crippen LogP contribution in [0.3, 0.4) is 0 Å². The molecule has 5 heteroatoms. The number of ether oxygens (including phenoxy) is 1. The van der Waals surface area contributed by atoms with Gasteiger partial charge in [0.2, 0.25) is 0 Å². The van der Waals surface area contributed by atoms with Gasteiger partial charge in [-0.3, -0.25) is 9.78 Å². The van der Waals surface area contributed by atoms with Gasteiger partial charge < -0.3 is 14.2 Å². The molecular formula is C21H23N3O2. The van der Waals surface area contributed by atoms with Crippen LogP contribution < -0.4 is 4.74 Å². The number of likely N-dealkylation sites (tertiary alicyclic amines) is 1. The Labute approximate surface area is 153 Å². The maximum atomic E-state index is 13.4. The molecule has 0 radical (unpaired) electrons. The Balaban J connectivity index is 1.71. The summed E-state index contributed by atoms with van der Waals surface area (Å²) in [4.78, 5) is 19.6. The quantitative estimate of drug-likeness (QED) is 0.719. The lowest BCUT2D eigenvalue weighted by Gasteiger charge is -2.36. The Morgan fingerprint density at radius 1 is 1.23 bits per heavy atom. The van der Waals surface area contributed by atoms with Gasteiger partial charge >= 0.3 is 0 Å². The van der Waals surface area contributed by atoms with E-state index in [2.05, 4.69) is 11.1 Å². The fourth-order valence-corrected chi connectivity index (χ4v) is 3.90. The minimum atomic E-state index is 0.0798. The van der Waals surface area contributed by atoms with E-state index >= 15 is 0 Å². The van der Waals surface area contributed by atoms with Crippen molar-refractivity contribution in [1.82, 2.24) is 14.5 Å². The van der Waals surface area contributed by atoms with Crippen molar-refractivity contribution in [3.8, 4) is 5.75 Å². The van der Waals surface area contributed by atoms with Gasteiger partial charge in [0.15, 0.2) is 0 Å². The fraction of sp³-hybridized carbons (Fsp3) is 0.333. The van der Waals surface area contributed by atoms with Gasteiger partial charge in [-0.25, -0.2) is 0 Å². The summed E-state index contributed by atoms with van der Waals surface area (Å²) in [5.74, 6) is 0.879. The molecule has 1 unspecified atom stereocenters. The Morgan fingerprint density at radius 3 is 2.88 bits per heavy atom. The average molecular weight is 349 g/mol. The predicted molar refractivity (Wildman–Crippen MR) is 101 cm³/mol. The molecule has 5 nitrogen and oxygen atoms in total. The highest BCUT2D eigenvalue weighted by Crippen LogP contribution is 2.33. The number of piperidine rings is 1. The first-order valence-corrected chi connectivity index (χ1v) is 9.03. The highest BCUT2D eigenvalue weighted by atomic mass is 16.5. The molecule has 0 N–H and O–H groups in total. The number of amides is 1. The number of aromatic nitrogens is 2. The second-order valence-electron chi connectivity index (χ2n) is 6.81. The Morgan fingerprint density at radius 2 is 2.12 bits per heavy atom. The molecule has 0 saturated carbocycles. The lowest BCUT2D eigenvalue weighted by atomic mass is 9.96. The number of hydrogen-bond acceptors (Lipinski definition) is 3. The summed E-state index contributed by atoms with van der Waals surface area (Å²) in [7, 11) is 3.60. The molecule has 1 aliphatic heterocycles. The standard InChI is InChI=1S/C21H23N3O2/c1-23-18-9-8-17(26-2)12-16(18)13-20(23)21(25)24-11-4-3-7-19(24)15-6-5-10-22-14-15/h5-6,8-10,12-14,19H,3-4,7,11H2,1-2H3. The van der Waals surface area contributed by atoms with Crippen molar-refractivity contribution < 1.29 is 9.53 Å². The molecule has 1 saturated heterocycles. The summed E-state index contributed by atoms with van der Waals surface area (Å²) in [6.07, 6.45) is 6.81. The predicted octanol–water partition coefficient (Wildman–Crippen LogP) is 3.95. The van der Waals surface area contributed by atoms with Crippen LogP contribution in [0.4, 0.5) is 0 Å². The number of aryl methyl sites for hydroxylation is 1. The van der Waals surface area contributed by atoms with Gasteiger partial charge in [0.25, 0.3) is 5.91 Å². The maximum absolute atomic E-state index is 13.4. The number of benzene rings is 1. The first kappa shape index (κ1) is 16.6.